The lowest BCUT2D eigenvalue weighted by Crippen LogP contribution is -2.28. The first-order valence-electron chi connectivity index (χ1n) is 6.95. The van der Waals surface area contributed by atoms with Crippen molar-refractivity contribution >= 4 is 5.82 Å². The molecule has 3 unspecified atom stereocenters. The van der Waals surface area contributed by atoms with Crippen molar-refractivity contribution in [2.45, 2.75) is 52.6 Å². The fourth-order valence-corrected chi connectivity index (χ4v) is 3.00. The van der Waals surface area contributed by atoms with Gasteiger partial charge in [-0.15, -0.1) is 0 Å². The molecule has 3 nitrogen and oxygen atoms in total. The molecule has 0 amide bonds. The van der Waals surface area contributed by atoms with E-state index >= 15 is 0 Å². The van der Waals surface area contributed by atoms with E-state index in [4.69, 9.17) is 5.73 Å². The first kappa shape index (κ1) is 13.3. The van der Waals surface area contributed by atoms with Crippen LogP contribution in [0.25, 0.3) is 0 Å². The molecule has 2 heterocycles. The van der Waals surface area contributed by atoms with Crippen LogP contribution >= 0.6 is 0 Å². The number of anilines is 1. The Balaban J connectivity index is 2.19. The minimum Gasteiger partial charge on any atom is -0.353 e. The van der Waals surface area contributed by atoms with Crippen LogP contribution in [0.4, 0.5) is 5.82 Å². The SMILES string of the molecule is Cc1cc(CC(C)N)cnc1N1CC(C)CC1C. The molecule has 1 aromatic rings. The summed E-state index contributed by atoms with van der Waals surface area (Å²) in [7, 11) is 0. The van der Waals surface area contributed by atoms with E-state index in [2.05, 4.69) is 36.7 Å². The van der Waals surface area contributed by atoms with Gasteiger partial charge in [0, 0.05) is 24.8 Å². The van der Waals surface area contributed by atoms with Crippen LogP contribution in [0.1, 0.15) is 38.3 Å². The number of pyridine rings is 1. The van der Waals surface area contributed by atoms with Crippen LogP contribution in [0.5, 0.6) is 0 Å². The van der Waals surface area contributed by atoms with Crippen molar-refractivity contribution < 1.29 is 0 Å². The van der Waals surface area contributed by atoms with E-state index in [-0.39, 0.29) is 6.04 Å². The van der Waals surface area contributed by atoms with E-state index in [1.165, 1.54) is 17.5 Å². The molecule has 3 atom stereocenters. The molecule has 1 saturated heterocycles. The topological polar surface area (TPSA) is 42.1 Å². The van der Waals surface area contributed by atoms with Crippen LogP contribution in [0.15, 0.2) is 12.3 Å². The molecular weight excluding hydrogens is 222 g/mol. The third-order valence-corrected chi connectivity index (χ3v) is 3.72. The molecule has 0 aliphatic carbocycles. The van der Waals surface area contributed by atoms with Crippen molar-refractivity contribution in [2.75, 3.05) is 11.4 Å². The average molecular weight is 247 g/mol. The van der Waals surface area contributed by atoms with Gasteiger partial charge < -0.3 is 10.6 Å². The highest BCUT2D eigenvalue weighted by Crippen LogP contribution is 2.29. The first-order valence-corrected chi connectivity index (χ1v) is 6.95. The summed E-state index contributed by atoms with van der Waals surface area (Å²) in [6, 6.07) is 3.04. The van der Waals surface area contributed by atoms with Crippen molar-refractivity contribution in [3.8, 4) is 0 Å². The lowest BCUT2D eigenvalue weighted by molar-refractivity contribution is 0.625. The lowest BCUT2D eigenvalue weighted by atomic mass is 10.1. The minimum absolute atomic E-state index is 0.197. The van der Waals surface area contributed by atoms with Crippen LogP contribution < -0.4 is 10.6 Å². The van der Waals surface area contributed by atoms with Gasteiger partial charge in [0.05, 0.1) is 0 Å². The summed E-state index contributed by atoms with van der Waals surface area (Å²) in [6.45, 7) is 9.93. The van der Waals surface area contributed by atoms with E-state index in [1.54, 1.807) is 0 Å². The monoisotopic (exact) mass is 247 g/mol. The molecule has 1 aliphatic rings. The summed E-state index contributed by atoms with van der Waals surface area (Å²) in [5, 5.41) is 0. The smallest absolute Gasteiger partial charge is 0.131 e. The molecule has 0 radical (unpaired) electrons. The van der Waals surface area contributed by atoms with E-state index in [1.807, 2.05) is 13.1 Å². The molecule has 1 aromatic heterocycles. The molecule has 18 heavy (non-hydrogen) atoms. The molecule has 0 aromatic carbocycles. The number of nitrogens with two attached hydrogens (primary N) is 1. The minimum atomic E-state index is 0.197. The summed E-state index contributed by atoms with van der Waals surface area (Å²) in [5.41, 5.74) is 8.35. The van der Waals surface area contributed by atoms with Crippen molar-refractivity contribution in [3.05, 3.63) is 23.4 Å². The standard InChI is InChI=1S/C15H25N3/c1-10-5-13(4)18(9-10)15-11(2)6-14(8-17-15)7-12(3)16/h6,8,10,12-13H,5,7,9,16H2,1-4H3. The number of aryl methyl sites for hydroxylation is 1. The zero-order valence-electron chi connectivity index (χ0n) is 12.0. The quantitative estimate of drug-likeness (QED) is 0.892. The highest BCUT2D eigenvalue weighted by molar-refractivity contribution is 5.49. The number of hydrogen-bond acceptors (Lipinski definition) is 3. The van der Waals surface area contributed by atoms with E-state index < -0.39 is 0 Å². The fourth-order valence-electron chi connectivity index (χ4n) is 3.00. The average Bonchev–Trinajstić information content (AvgIpc) is 2.57. The molecular formula is C15H25N3. The molecule has 0 saturated carbocycles. The van der Waals surface area contributed by atoms with Crippen molar-refractivity contribution in [1.29, 1.82) is 0 Å². The maximum Gasteiger partial charge on any atom is 0.131 e. The number of rotatable bonds is 3. The van der Waals surface area contributed by atoms with Gasteiger partial charge in [-0.3, -0.25) is 0 Å². The summed E-state index contributed by atoms with van der Waals surface area (Å²) in [6.07, 6.45) is 4.16. The Labute approximate surface area is 110 Å². The normalized spacial score (nSPS) is 25.5. The van der Waals surface area contributed by atoms with Crippen LogP contribution in [0.2, 0.25) is 0 Å². The van der Waals surface area contributed by atoms with Crippen LogP contribution in [-0.4, -0.2) is 23.6 Å². The zero-order chi connectivity index (χ0) is 13.3. The van der Waals surface area contributed by atoms with Crippen molar-refractivity contribution in [3.63, 3.8) is 0 Å². The second-order valence-electron chi connectivity index (χ2n) is 6.01. The maximum atomic E-state index is 5.84. The third kappa shape index (κ3) is 2.83. The number of nitrogens with zero attached hydrogens (tertiary/aromatic N) is 2. The molecule has 100 valence electrons. The molecule has 3 heteroatoms. The largest absolute Gasteiger partial charge is 0.353 e. The van der Waals surface area contributed by atoms with Crippen molar-refractivity contribution in [2.24, 2.45) is 11.7 Å². The Morgan fingerprint density at radius 2 is 2.22 bits per heavy atom. The second-order valence-corrected chi connectivity index (χ2v) is 6.01. The number of aromatic nitrogens is 1. The molecule has 2 N–H and O–H groups in total. The second kappa shape index (κ2) is 5.27. The zero-order valence-corrected chi connectivity index (χ0v) is 12.0. The van der Waals surface area contributed by atoms with Gasteiger partial charge in [0.1, 0.15) is 5.82 Å². The van der Waals surface area contributed by atoms with Crippen molar-refractivity contribution in [1.82, 2.24) is 4.98 Å². The van der Waals surface area contributed by atoms with Crippen LogP contribution in [0.3, 0.4) is 0 Å². The van der Waals surface area contributed by atoms with Gasteiger partial charge in [-0.1, -0.05) is 13.0 Å². The Morgan fingerprint density at radius 1 is 1.50 bits per heavy atom. The third-order valence-electron chi connectivity index (χ3n) is 3.72. The highest BCUT2D eigenvalue weighted by Gasteiger charge is 2.27. The van der Waals surface area contributed by atoms with E-state index in [0.29, 0.717) is 6.04 Å². The predicted octanol–water partition coefficient (Wildman–Crippen LogP) is 2.51. The highest BCUT2D eigenvalue weighted by atomic mass is 15.2. The molecule has 1 aliphatic heterocycles. The number of hydrogen-bond donors (Lipinski definition) is 1. The Morgan fingerprint density at radius 3 is 2.72 bits per heavy atom. The summed E-state index contributed by atoms with van der Waals surface area (Å²) < 4.78 is 0. The molecule has 0 bridgehead atoms. The van der Waals surface area contributed by atoms with Gasteiger partial charge in [0.25, 0.3) is 0 Å². The first-order chi connectivity index (χ1) is 8.47. The van der Waals surface area contributed by atoms with Gasteiger partial charge in [-0.25, -0.2) is 4.98 Å². The Bertz CT molecular complexity index is 414. The lowest BCUT2D eigenvalue weighted by Gasteiger charge is -2.24. The maximum absolute atomic E-state index is 5.84. The van der Waals surface area contributed by atoms with Gasteiger partial charge in [-0.2, -0.15) is 0 Å². The molecule has 0 spiro atoms. The summed E-state index contributed by atoms with van der Waals surface area (Å²) >= 11 is 0. The van der Waals surface area contributed by atoms with Crippen LogP contribution in [-0.2, 0) is 6.42 Å². The predicted molar refractivity (Wildman–Crippen MR) is 76.9 cm³/mol. The summed E-state index contributed by atoms with van der Waals surface area (Å²) in [4.78, 5) is 7.11. The molecule has 2 rings (SSSR count). The Hall–Kier alpha value is -1.09. The summed E-state index contributed by atoms with van der Waals surface area (Å²) in [5.74, 6) is 1.92. The van der Waals surface area contributed by atoms with Gasteiger partial charge in [0.15, 0.2) is 0 Å². The van der Waals surface area contributed by atoms with E-state index in [9.17, 15) is 0 Å². The Kier molecular flexibility index (Phi) is 3.91. The fraction of sp³-hybridized carbons (Fsp3) is 0.667. The van der Waals surface area contributed by atoms with Crippen LogP contribution in [0, 0.1) is 12.8 Å². The van der Waals surface area contributed by atoms with Gasteiger partial charge in [-0.05, 0) is 50.7 Å². The molecule has 1 fully saturated rings. The van der Waals surface area contributed by atoms with Gasteiger partial charge in [0.2, 0.25) is 0 Å². The van der Waals surface area contributed by atoms with Gasteiger partial charge >= 0.3 is 0 Å². The van der Waals surface area contributed by atoms with E-state index in [0.717, 1.165) is 24.7 Å².